The summed E-state index contributed by atoms with van der Waals surface area (Å²) in [6.07, 6.45) is 0.630. The van der Waals surface area contributed by atoms with Gasteiger partial charge >= 0.3 is 0 Å². The second-order valence-corrected chi connectivity index (χ2v) is 3.54. The molecule has 0 aliphatic carbocycles. The van der Waals surface area contributed by atoms with E-state index in [-0.39, 0.29) is 24.8 Å². The summed E-state index contributed by atoms with van der Waals surface area (Å²) in [6, 6.07) is 0. The molecule has 4 heteroatoms. The molecule has 0 amide bonds. The molecule has 1 aliphatic rings. The van der Waals surface area contributed by atoms with Crippen molar-refractivity contribution in [1.29, 1.82) is 0 Å². The molecule has 1 rings (SSSR count). The number of hydrogen-bond donors (Lipinski definition) is 1. The molecule has 0 unspecified atom stereocenters. The van der Waals surface area contributed by atoms with Crippen molar-refractivity contribution in [2.24, 2.45) is 5.41 Å². The highest BCUT2D eigenvalue weighted by atomic mass is 16.7. The Balaban J connectivity index is 2.77. The Morgan fingerprint density at radius 2 is 2.07 bits per heavy atom. The van der Waals surface area contributed by atoms with Gasteiger partial charge in [0, 0.05) is 5.57 Å². The van der Waals surface area contributed by atoms with E-state index in [1.807, 2.05) is 6.92 Å². The van der Waals surface area contributed by atoms with Crippen LogP contribution in [-0.4, -0.2) is 37.5 Å². The summed E-state index contributed by atoms with van der Waals surface area (Å²) < 4.78 is 10.3. The summed E-state index contributed by atoms with van der Waals surface area (Å²) >= 11 is 0. The summed E-state index contributed by atoms with van der Waals surface area (Å²) in [4.78, 5) is 11.9. The Labute approximate surface area is 83.5 Å². The third-order valence-electron chi connectivity index (χ3n) is 2.59. The summed E-state index contributed by atoms with van der Waals surface area (Å²) in [6.45, 7) is 6.06. The lowest BCUT2D eigenvalue weighted by atomic mass is 9.79. The molecule has 0 atom stereocenters. The number of carbonyl (C=O) groups excluding carboxylic acids is 1. The van der Waals surface area contributed by atoms with Crippen molar-refractivity contribution in [3.05, 3.63) is 12.2 Å². The number of rotatable bonds is 4. The van der Waals surface area contributed by atoms with E-state index >= 15 is 0 Å². The van der Waals surface area contributed by atoms with Crippen LogP contribution in [0.2, 0.25) is 0 Å². The molecular weight excluding hydrogens is 184 g/mol. The standard InChI is InChI=1S/C10H16O4/c1-3-10(5-13-7-14-6-10)9(12)8(2)4-11/h11H,2-7H2,1H3. The maximum atomic E-state index is 11.9. The highest BCUT2D eigenvalue weighted by molar-refractivity contribution is 5.99. The number of hydrogen-bond acceptors (Lipinski definition) is 4. The Hall–Kier alpha value is -0.710. The SMILES string of the molecule is C=C(CO)C(=O)C1(CC)COCOC1. The highest BCUT2D eigenvalue weighted by Gasteiger charge is 2.40. The van der Waals surface area contributed by atoms with Crippen molar-refractivity contribution in [3.8, 4) is 0 Å². The molecule has 80 valence electrons. The molecule has 0 bridgehead atoms. The second-order valence-electron chi connectivity index (χ2n) is 3.54. The molecule has 4 nitrogen and oxygen atoms in total. The Bertz CT molecular complexity index is 228. The first-order valence-electron chi connectivity index (χ1n) is 4.65. The summed E-state index contributed by atoms with van der Waals surface area (Å²) in [5.41, 5.74) is -0.418. The van der Waals surface area contributed by atoms with Crippen LogP contribution in [0.15, 0.2) is 12.2 Å². The first-order valence-corrected chi connectivity index (χ1v) is 4.65. The fourth-order valence-corrected chi connectivity index (χ4v) is 1.52. The monoisotopic (exact) mass is 200 g/mol. The van der Waals surface area contributed by atoms with Crippen LogP contribution in [0.5, 0.6) is 0 Å². The maximum Gasteiger partial charge on any atom is 0.171 e. The van der Waals surface area contributed by atoms with Crippen molar-refractivity contribution in [3.63, 3.8) is 0 Å². The number of carbonyl (C=O) groups is 1. The average Bonchev–Trinajstić information content (AvgIpc) is 2.28. The van der Waals surface area contributed by atoms with E-state index in [1.54, 1.807) is 0 Å². The average molecular weight is 200 g/mol. The molecule has 1 saturated heterocycles. The minimum Gasteiger partial charge on any atom is -0.392 e. The third kappa shape index (κ3) is 2.03. The van der Waals surface area contributed by atoms with E-state index in [0.717, 1.165) is 0 Å². The molecule has 1 heterocycles. The molecule has 0 aromatic carbocycles. The summed E-state index contributed by atoms with van der Waals surface area (Å²) in [7, 11) is 0. The van der Waals surface area contributed by atoms with E-state index in [2.05, 4.69) is 6.58 Å². The largest absolute Gasteiger partial charge is 0.392 e. The molecule has 0 spiro atoms. The molecule has 1 N–H and O–H groups in total. The lowest BCUT2D eigenvalue weighted by Crippen LogP contribution is -2.44. The van der Waals surface area contributed by atoms with Crippen LogP contribution in [0.1, 0.15) is 13.3 Å². The van der Waals surface area contributed by atoms with Gasteiger partial charge in [-0.15, -0.1) is 0 Å². The van der Waals surface area contributed by atoms with Gasteiger partial charge in [0.25, 0.3) is 0 Å². The second kappa shape index (κ2) is 4.68. The van der Waals surface area contributed by atoms with Crippen molar-refractivity contribution in [1.82, 2.24) is 0 Å². The molecule has 0 aromatic rings. The van der Waals surface area contributed by atoms with Gasteiger partial charge in [-0.05, 0) is 6.42 Å². The van der Waals surface area contributed by atoms with Gasteiger partial charge < -0.3 is 14.6 Å². The van der Waals surface area contributed by atoms with E-state index in [1.165, 1.54) is 0 Å². The summed E-state index contributed by atoms with van der Waals surface area (Å²) in [5, 5.41) is 8.84. The lowest BCUT2D eigenvalue weighted by molar-refractivity contribution is -0.174. The van der Waals surface area contributed by atoms with Gasteiger partial charge in [0.15, 0.2) is 5.78 Å². The number of ether oxygens (including phenoxy) is 2. The minimum absolute atomic E-state index is 0.151. The number of aliphatic hydroxyl groups is 1. The molecule has 0 aromatic heterocycles. The van der Waals surface area contributed by atoms with E-state index in [0.29, 0.717) is 19.6 Å². The molecular formula is C10H16O4. The number of aliphatic hydroxyl groups excluding tert-OH is 1. The van der Waals surface area contributed by atoms with Gasteiger partial charge in [-0.25, -0.2) is 0 Å². The van der Waals surface area contributed by atoms with Crippen molar-refractivity contribution in [2.75, 3.05) is 26.6 Å². The predicted octanol–water partition coefficient (Wildman–Crippen LogP) is 0.505. The fraction of sp³-hybridized carbons (Fsp3) is 0.700. The smallest absolute Gasteiger partial charge is 0.171 e. The third-order valence-corrected chi connectivity index (χ3v) is 2.59. The Kier molecular flexibility index (Phi) is 3.80. The highest BCUT2D eigenvalue weighted by Crippen LogP contribution is 2.29. The van der Waals surface area contributed by atoms with Gasteiger partial charge in [0.1, 0.15) is 6.79 Å². The normalized spacial score (nSPS) is 20.4. The first kappa shape index (κ1) is 11.4. The Morgan fingerprint density at radius 3 is 2.50 bits per heavy atom. The predicted molar refractivity (Wildman–Crippen MR) is 50.7 cm³/mol. The van der Waals surface area contributed by atoms with Gasteiger partial charge in [0.2, 0.25) is 0 Å². The van der Waals surface area contributed by atoms with Crippen LogP contribution in [0, 0.1) is 5.41 Å². The first-order chi connectivity index (χ1) is 6.66. The minimum atomic E-state index is -0.641. The molecule has 14 heavy (non-hydrogen) atoms. The zero-order valence-electron chi connectivity index (χ0n) is 8.41. The van der Waals surface area contributed by atoms with Crippen LogP contribution in [-0.2, 0) is 14.3 Å². The van der Waals surface area contributed by atoms with Gasteiger partial charge in [-0.2, -0.15) is 0 Å². The van der Waals surface area contributed by atoms with E-state index < -0.39 is 5.41 Å². The van der Waals surface area contributed by atoms with Crippen molar-refractivity contribution >= 4 is 5.78 Å². The summed E-state index contributed by atoms with van der Waals surface area (Å²) in [5.74, 6) is -0.151. The lowest BCUT2D eigenvalue weighted by Gasteiger charge is -2.34. The van der Waals surface area contributed by atoms with Crippen molar-refractivity contribution in [2.45, 2.75) is 13.3 Å². The number of ketones is 1. The maximum absolute atomic E-state index is 11.9. The van der Waals surface area contributed by atoms with Gasteiger partial charge in [0.05, 0.1) is 25.2 Å². The van der Waals surface area contributed by atoms with Gasteiger partial charge in [-0.3, -0.25) is 4.79 Å². The van der Waals surface area contributed by atoms with Crippen LogP contribution in [0.25, 0.3) is 0 Å². The van der Waals surface area contributed by atoms with Crippen LogP contribution in [0.3, 0.4) is 0 Å². The van der Waals surface area contributed by atoms with Gasteiger partial charge in [-0.1, -0.05) is 13.5 Å². The molecule has 1 aliphatic heterocycles. The van der Waals surface area contributed by atoms with Crippen LogP contribution >= 0.6 is 0 Å². The Morgan fingerprint density at radius 1 is 1.50 bits per heavy atom. The van der Waals surface area contributed by atoms with Crippen molar-refractivity contribution < 1.29 is 19.4 Å². The molecule has 0 saturated carbocycles. The zero-order chi connectivity index (χ0) is 10.6. The van der Waals surface area contributed by atoms with Crippen LogP contribution in [0.4, 0.5) is 0 Å². The van der Waals surface area contributed by atoms with Crippen LogP contribution < -0.4 is 0 Å². The zero-order valence-corrected chi connectivity index (χ0v) is 8.41. The number of Topliss-reactive ketones (excluding diaryl/α,β-unsaturated/α-hetero) is 1. The quantitative estimate of drug-likeness (QED) is 0.671. The van der Waals surface area contributed by atoms with E-state index in [9.17, 15) is 4.79 Å². The topological polar surface area (TPSA) is 55.8 Å². The fourth-order valence-electron chi connectivity index (χ4n) is 1.52. The molecule has 0 radical (unpaired) electrons. The van der Waals surface area contributed by atoms with E-state index in [4.69, 9.17) is 14.6 Å². The molecule has 1 fully saturated rings.